The number of hydrogen-bond acceptors (Lipinski definition) is 7. The van der Waals surface area contributed by atoms with Gasteiger partial charge in [-0.3, -0.25) is 0 Å². The number of nitrogens with zero attached hydrogens (tertiary/aromatic N) is 4. The second-order valence-electron chi connectivity index (χ2n) is 7.94. The highest BCUT2D eigenvalue weighted by Crippen LogP contribution is 2.31. The minimum absolute atomic E-state index is 0.156. The zero-order valence-electron chi connectivity index (χ0n) is 16.2. The van der Waals surface area contributed by atoms with E-state index in [2.05, 4.69) is 25.3 Å². The van der Waals surface area contributed by atoms with Crippen LogP contribution in [-0.2, 0) is 0 Å². The summed E-state index contributed by atoms with van der Waals surface area (Å²) in [4.78, 5) is 11.1. The van der Waals surface area contributed by atoms with Gasteiger partial charge in [0.1, 0.15) is 5.82 Å². The molecule has 3 heterocycles. The van der Waals surface area contributed by atoms with Gasteiger partial charge < -0.3 is 19.8 Å². The molecular formula is C20H29N5O2. The molecule has 27 heavy (non-hydrogen) atoms. The molecular weight excluding hydrogens is 342 g/mol. The Kier molecular flexibility index (Phi) is 5.41. The van der Waals surface area contributed by atoms with Crippen LogP contribution in [0.2, 0.25) is 0 Å². The predicted octanol–water partition coefficient (Wildman–Crippen LogP) is 2.61. The van der Waals surface area contributed by atoms with E-state index in [1.165, 1.54) is 32.1 Å². The van der Waals surface area contributed by atoms with Crippen LogP contribution in [0.3, 0.4) is 0 Å². The first kappa shape index (κ1) is 18.4. The largest absolute Gasteiger partial charge is 0.390 e. The van der Waals surface area contributed by atoms with Gasteiger partial charge in [0.15, 0.2) is 5.82 Å². The normalized spacial score (nSPS) is 24.3. The van der Waals surface area contributed by atoms with E-state index in [1.807, 2.05) is 26.1 Å². The second-order valence-corrected chi connectivity index (χ2v) is 7.94. The summed E-state index contributed by atoms with van der Waals surface area (Å²) in [5.74, 6) is 1.89. The number of β-amino-alcohol motifs (C(OH)–C–C–N with tert-alkyl or cyclic N) is 1. The van der Waals surface area contributed by atoms with Crippen molar-refractivity contribution >= 4 is 5.82 Å². The van der Waals surface area contributed by atoms with Gasteiger partial charge in [-0.15, -0.1) is 0 Å². The van der Waals surface area contributed by atoms with Crippen molar-refractivity contribution in [2.75, 3.05) is 18.0 Å². The van der Waals surface area contributed by atoms with Crippen molar-refractivity contribution in [3.63, 3.8) is 0 Å². The van der Waals surface area contributed by atoms with Crippen LogP contribution < -0.4 is 10.2 Å². The number of hydrogen-bond donors (Lipinski definition) is 2. The molecule has 2 aromatic heterocycles. The second kappa shape index (κ2) is 7.94. The van der Waals surface area contributed by atoms with Crippen LogP contribution in [0.5, 0.6) is 0 Å². The van der Waals surface area contributed by atoms with E-state index < -0.39 is 6.10 Å². The average molecular weight is 371 g/mol. The van der Waals surface area contributed by atoms with E-state index in [-0.39, 0.29) is 6.04 Å². The van der Waals surface area contributed by atoms with Crippen LogP contribution in [0, 0.1) is 13.8 Å². The molecule has 146 valence electrons. The fourth-order valence-electron chi connectivity index (χ4n) is 4.27. The molecule has 2 N–H and O–H groups in total. The number of aliphatic hydroxyl groups excluding tert-OH is 1. The molecule has 0 spiro atoms. The van der Waals surface area contributed by atoms with Gasteiger partial charge in [-0.1, -0.05) is 24.4 Å². The maximum absolute atomic E-state index is 10.8. The van der Waals surface area contributed by atoms with Crippen molar-refractivity contribution in [1.29, 1.82) is 0 Å². The first-order valence-electron chi connectivity index (χ1n) is 10.1. The molecule has 1 saturated heterocycles. The minimum atomic E-state index is -0.416. The van der Waals surface area contributed by atoms with Gasteiger partial charge in [0.25, 0.3) is 5.89 Å². The molecule has 0 bridgehead atoms. The van der Waals surface area contributed by atoms with Crippen molar-refractivity contribution in [3.05, 3.63) is 23.7 Å². The Morgan fingerprint density at radius 1 is 1.19 bits per heavy atom. The van der Waals surface area contributed by atoms with Crippen LogP contribution in [0.1, 0.15) is 49.9 Å². The topological polar surface area (TPSA) is 87.3 Å². The zero-order chi connectivity index (χ0) is 18.8. The summed E-state index contributed by atoms with van der Waals surface area (Å²) in [7, 11) is 0. The first-order valence-corrected chi connectivity index (χ1v) is 10.1. The Morgan fingerprint density at radius 3 is 2.70 bits per heavy atom. The Balaban J connectivity index is 1.49. The summed E-state index contributed by atoms with van der Waals surface area (Å²) in [6.45, 7) is 5.21. The number of aryl methyl sites for hydroxylation is 2. The third kappa shape index (κ3) is 4.14. The molecule has 7 nitrogen and oxygen atoms in total. The van der Waals surface area contributed by atoms with Crippen molar-refractivity contribution in [1.82, 2.24) is 20.4 Å². The third-order valence-electron chi connectivity index (χ3n) is 5.70. The van der Waals surface area contributed by atoms with Crippen molar-refractivity contribution < 1.29 is 9.63 Å². The summed E-state index contributed by atoms with van der Waals surface area (Å²) in [6, 6.07) is 2.73. The summed E-state index contributed by atoms with van der Waals surface area (Å²) in [5.41, 5.74) is 1.88. The standard InChI is InChI=1S/C20H29N5O2/c1-13-10-16(20-22-14(2)24-27-20)19(21-11-13)25-9-8-17(18(26)12-25)23-15-6-4-3-5-7-15/h10-11,15,17-18,23,26H,3-9,12H2,1-2H3/t17-,18-/m0/s1. The lowest BCUT2D eigenvalue weighted by Crippen LogP contribution is -2.55. The lowest BCUT2D eigenvalue weighted by Gasteiger charge is -2.39. The summed E-state index contributed by atoms with van der Waals surface area (Å²) in [5, 5.41) is 18.4. The molecule has 7 heteroatoms. The Hall–Kier alpha value is -1.99. The van der Waals surface area contributed by atoms with E-state index in [0.717, 1.165) is 29.9 Å². The Bertz CT molecular complexity index is 771. The smallest absolute Gasteiger partial charge is 0.261 e. The van der Waals surface area contributed by atoms with Gasteiger partial charge in [0.05, 0.1) is 11.7 Å². The molecule has 2 fully saturated rings. The van der Waals surface area contributed by atoms with Gasteiger partial charge in [-0.25, -0.2) is 4.98 Å². The molecule has 2 aromatic rings. The molecule has 2 aliphatic rings. The monoisotopic (exact) mass is 371 g/mol. The Morgan fingerprint density at radius 2 is 2.00 bits per heavy atom. The lowest BCUT2D eigenvalue weighted by molar-refractivity contribution is 0.103. The highest BCUT2D eigenvalue weighted by molar-refractivity contribution is 5.70. The van der Waals surface area contributed by atoms with Crippen LogP contribution in [0.25, 0.3) is 11.5 Å². The van der Waals surface area contributed by atoms with E-state index in [4.69, 9.17) is 4.52 Å². The minimum Gasteiger partial charge on any atom is -0.390 e. The first-order chi connectivity index (χ1) is 13.1. The number of aromatic nitrogens is 3. The van der Waals surface area contributed by atoms with Gasteiger partial charge in [0, 0.05) is 31.4 Å². The maximum atomic E-state index is 10.8. The van der Waals surface area contributed by atoms with Gasteiger partial charge in [0.2, 0.25) is 0 Å². The third-order valence-corrected chi connectivity index (χ3v) is 5.70. The van der Waals surface area contributed by atoms with Gasteiger partial charge >= 0.3 is 0 Å². The van der Waals surface area contributed by atoms with Crippen molar-refractivity contribution in [2.45, 2.75) is 70.6 Å². The fraction of sp³-hybridized carbons (Fsp3) is 0.650. The van der Waals surface area contributed by atoms with Crippen LogP contribution >= 0.6 is 0 Å². The zero-order valence-corrected chi connectivity index (χ0v) is 16.2. The van der Waals surface area contributed by atoms with Gasteiger partial charge in [-0.05, 0) is 44.7 Å². The Labute approximate surface area is 160 Å². The summed E-state index contributed by atoms with van der Waals surface area (Å²) in [6.07, 6.45) is 8.73. The molecule has 4 rings (SSSR count). The molecule has 1 aliphatic heterocycles. The quantitative estimate of drug-likeness (QED) is 0.854. The average Bonchev–Trinajstić information content (AvgIpc) is 3.10. The highest BCUT2D eigenvalue weighted by Gasteiger charge is 2.31. The van der Waals surface area contributed by atoms with E-state index in [9.17, 15) is 5.11 Å². The van der Waals surface area contributed by atoms with Crippen LogP contribution in [-0.4, -0.2) is 51.5 Å². The summed E-state index contributed by atoms with van der Waals surface area (Å²) >= 11 is 0. The number of piperidine rings is 1. The van der Waals surface area contributed by atoms with E-state index >= 15 is 0 Å². The predicted molar refractivity (Wildman–Crippen MR) is 104 cm³/mol. The van der Waals surface area contributed by atoms with E-state index in [0.29, 0.717) is 24.3 Å². The highest BCUT2D eigenvalue weighted by atomic mass is 16.5. The molecule has 0 unspecified atom stereocenters. The molecule has 0 aromatic carbocycles. The number of aliphatic hydroxyl groups is 1. The van der Waals surface area contributed by atoms with Crippen molar-refractivity contribution in [3.8, 4) is 11.5 Å². The van der Waals surface area contributed by atoms with Gasteiger partial charge in [-0.2, -0.15) is 4.98 Å². The molecule has 2 atom stereocenters. The lowest BCUT2D eigenvalue weighted by atomic mass is 9.92. The van der Waals surface area contributed by atoms with Crippen molar-refractivity contribution in [2.24, 2.45) is 0 Å². The van der Waals surface area contributed by atoms with Crippen LogP contribution in [0.15, 0.2) is 16.8 Å². The fourth-order valence-corrected chi connectivity index (χ4v) is 4.27. The maximum Gasteiger partial charge on any atom is 0.261 e. The number of anilines is 1. The molecule has 0 radical (unpaired) electrons. The van der Waals surface area contributed by atoms with E-state index in [1.54, 1.807) is 0 Å². The number of nitrogens with one attached hydrogen (secondary N) is 1. The van der Waals surface area contributed by atoms with Crippen LogP contribution in [0.4, 0.5) is 5.82 Å². The summed E-state index contributed by atoms with van der Waals surface area (Å²) < 4.78 is 5.38. The number of pyridine rings is 1. The SMILES string of the molecule is Cc1cnc(N2CC[C@H](NC3CCCCC3)[C@@H](O)C2)c(-c2nc(C)no2)c1. The molecule has 1 aliphatic carbocycles. The molecule has 0 amide bonds. The number of rotatable bonds is 4. The molecule has 1 saturated carbocycles.